The van der Waals surface area contributed by atoms with Crippen molar-refractivity contribution in [3.63, 3.8) is 0 Å². The van der Waals surface area contributed by atoms with Gasteiger partial charge in [0.15, 0.2) is 0 Å². The van der Waals surface area contributed by atoms with Crippen LogP contribution >= 0.6 is 0 Å². The van der Waals surface area contributed by atoms with Crippen molar-refractivity contribution in [3.05, 3.63) is 41.0 Å². The van der Waals surface area contributed by atoms with Gasteiger partial charge in [-0.15, -0.1) is 0 Å². The monoisotopic (exact) mass is 294 g/mol. The molecule has 1 aromatic carbocycles. The van der Waals surface area contributed by atoms with Gasteiger partial charge in [0.2, 0.25) is 5.78 Å². The smallest absolute Gasteiger partial charge is 0.337 e. The molecule has 0 aliphatic heterocycles. The zero-order valence-corrected chi connectivity index (χ0v) is 11.7. The minimum Gasteiger partial charge on any atom is -0.465 e. The highest BCUT2D eigenvalue weighted by Gasteiger charge is 2.42. The Hall–Kier alpha value is -2.04. The number of hydrogen-bond acceptors (Lipinski definition) is 3. The van der Waals surface area contributed by atoms with E-state index in [0.29, 0.717) is 24.0 Å². The van der Waals surface area contributed by atoms with Crippen molar-refractivity contribution < 1.29 is 23.1 Å². The van der Waals surface area contributed by atoms with Gasteiger partial charge >= 0.3 is 11.9 Å². The summed E-state index contributed by atoms with van der Waals surface area (Å²) in [5.74, 6) is -4.89. The summed E-state index contributed by atoms with van der Waals surface area (Å²) in [6.07, 6.45) is 2.54. The topological polar surface area (TPSA) is 43.4 Å². The highest BCUT2D eigenvalue weighted by Crippen LogP contribution is 2.35. The second-order valence-electron chi connectivity index (χ2n) is 4.99. The maximum absolute atomic E-state index is 14.0. The lowest BCUT2D eigenvalue weighted by atomic mass is 9.99. The van der Waals surface area contributed by atoms with Gasteiger partial charge in [0.05, 0.1) is 12.7 Å². The fourth-order valence-electron chi connectivity index (χ4n) is 2.29. The summed E-state index contributed by atoms with van der Waals surface area (Å²) in [4.78, 5) is 22.8. The minimum absolute atomic E-state index is 0.0778. The van der Waals surface area contributed by atoms with Gasteiger partial charge in [-0.25, -0.2) is 4.79 Å². The Bertz CT molecular complexity index is 574. The van der Waals surface area contributed by atoms with Gasteiger partial charge in [-0.05, 0) is 43.0 Å². The van der Waals surface area contributed by atoms with Crippen molar-refractivity contribution >= 4 is 17.8 Å². The Labute approximate surface area is 121 Å². The van der Waals surface area contributed by atoms with Crippen LogP contribution in [-0.2, 0) is 9.53 Å². The molecule has 0 heterocycles. The molecule has 0 atom stereocenters. The van der Waals surface area contributed by atoms with Crippen molar-refractivity contribution in [2.75, 3.05) is 7.11 Å². The molecule has 1 aromatic rings. The van der Waals surface area contributed by atoms with Gasteiger partial charge in [-0.1, -0.05) is 12.1 Å². The van der Waals surface area contributed by atoms with E-state index in [-0.39, 0.29) is 18.4 Å². The average Bonchev–Trinajstić information content (AvgIpc) is 2.60. The van der Waals surface area contributed by atoms with Crippen molar-refractivity contribution in [1.29, 1.82) is 0 Å². The molecule has 1 saturated carbocycles. The minimum atomic E-state index is -3.39. The first kappa shape index (κ1) is 15.4. The second kappa shape index (κ2) is 6.16. The van der Waals surface area contributed by atoms with E-state index < -0.39 is 17.7 Å². The fourth-order valence-corrected chi connectivity index (χ4v) is 2.29. The summed E-state index contributed by atoms with van der Waals surface area (Å²) in [5.41, 5.74) is 0.728. The first-order valence-electron chi connectivity index (χ1n) is 6.75. The van der Waals surface area contributed by atoms with Gasteiger partial charge in [0, 0.05) is 12.0 Å². The number of carbonyl (C=O) groups excluding carboxylic acids is 2. The van der Waals surface area contributed by atoms with Gasteiger partial charge in [0.1, 0.15) is 0 Å². The van der Waals surface area contributed by atoms with Crippen molar-refractivity contribution in [1.82, 2.24) is 0 Å². The van der Waals surface area contributed by atoms with E-state index in [2.05, 4.69) is 4.74 Å². The number of methoxy groups -OCH3 is 1. The third-order valence-electron chi connectivity index (χ3n) is 3.53. The van der Waals surface area contributed by atoms with Crippen LogP contribution < -0.4 is 0 Å². The van der Waals surface area contributed by atoms with Crippen LogP contribution in [-0.4, -0.2) is 24.8 Å². The summed E-state index contributed by atoms with van der Waals surface area (Å²) >= 11 is 0. The number of carbonyl (C=O) groups is 2. The zero-order valence-electron chi connectivity index (χ0n) is 11.7. The van der Waals surface area contributed by atoms with Crippen LogP contribution in [0.5, 0.6) is 0 Å². The van der Waals surface area contributed by atoms with E-state index in [9.17, 15) is 18.4 Å². The second-order valence-corrected chi connectivity index (χ2v) is 4.99. The summed E-state index contributed by atoms with van der Waals surface area (Å²) in [6, 6.07) is 6.14. The van der Waals surface area contributed by atoms with Crippen LogP contribution in [0.3, 0.4) is 0 Å². The third-order valence-corrected chi connectivity index (χ3v) is 3.53. The predicted molar refractivity (Wildman–Crippen MR) is 74.2 cm³/mol. The van der Waals surface area contributed by atoms with Crippen LogP contribution in [0, 0.1) is 0 Å². The molecule has 3 nitrogen and oxygen atoms in total. The van der Waals surface area contributed by atoms with Gasteiger partial charge < -0.3 is 4.74 Å². The fraction of sp³-hybridized carbons (Fsp3) is 0.375. The van der Waals surface area contributed by atoms with Crippen LogP contribution in [0.2, 0.25) is 0 Å². The number of halogens is 2. The van der Waals surface area contributed by atoms with Crippen LogP contribution in [0.25, 0.3) is 6.08 Å². The number of alkyl halides is 2. The number of ether oxygens (including phenoxy) is 1. The Morgan fingerprint density at radius 3 is 2.43 bits per heavy atom. The Kier molecular flexibility index (Phi) is 4.50. The molecule has 0 bridgehead atoms. The summed E-state index contributed by atoms with van der Waals surface area (Å²) < 4.78 is 32.5. The Morgan fingerprint density at radius 1 is 1.19 bits per heavy atom. The molecule has 0 amide bonds. The maximum Gasteiger partial charge on any atom is 0.337 e. The predicted octanol–water partition coefficient (Wildman–Crippen LogP) is 3.64. The van der Waals surface area contributed by atoms with E-state index in [4.69, 9.17) is 0 Å². The molecule has 0 saturated heterocycles. The van der Waals surface area contributed by atoms with E-state index in [1.165, 1.54) is 25.3 Å². The van der Waals surface area contributed by atoms with Crippen LogP contribution in [0.1, 0.15) is 41.6 Å². The van der Waals surface area contributed by atoms with Crippen molar-refractivity contribution in [2.45, 2.75) is 31.6 Å². The number of rotatable bonds is 2. The summed E-state index contributed by atoms with van der Waals surface area (Å²) in [7, 11) is 1.27. The highest BCUT2D eigenvalue weighted by atomic mass is 19.3. The van der Waals surface area contributed by atoms with Gasteiger partial charge in [-0.2, -0.15) is 8.78 Å². The first-order chi connectivity index (χ1) is 9.95. The maximum atomic E-state index is 14.0. The summed E-state index contributed by atoms with van der Waals surface area (Å²) in [5, 5.41) is 0. The molecule has 2 rings (SSSR count). The number of esters is 1. The lowest BCUT2D eigenvalue weighted by molar-refractivity contribution is -0.137. The molecule has 0 unspecified atom stereocenters. The molecular formula is C16H16F2O3. The lowest BCUT2D eigenvalue weighted by Crippen LogP contribution is -2.29. The van der Waals surface area contributed by atoms with E-state index in [0.717, 1.165) is 0 Å². The van der Waals surface area contributed by atoms with Crippen molar-refractivity contribution in [3.8, 4) is 0 Å². The molecule has 1 fully saturated rings. The molecule has 0 radical (unpaired) electrons. The van der Waals surface area contributed by atoms with E-state index in [1.54, 1.807) is 12.1 Å². The van der Waals surface area contributed by atoms with Gasteiger partial charge in [0.25, 0.3) is 0 Å². The number of hydrogen-bond donors (Lipinski definition) is 0. The number of ketones is 1. The first-order valence-corrected chi connectivity index (χ1v) is 6.75. The molecule has 1 aliphatic rings. The largest absolute Gasteiger partial charge is 0.465 e. The normalized spacial score (nSPS) is 20.1. The van der Waals surface area contributed by atoms with Crippen LogP contribution in [0.4, 0.5) is 8.78 Å². The molecule has 21 heavy (non-hydrogen) atoms. The lowest BCUT2D eigenvalue weighted by Gasteiger charge is -2.15. The molecule has 112 valence electrons. The van der Waals surface area contributed by atoms with Crippen LogP contribution in [0.15, 0.2) is 29.8 Å². The Balaban J connectivity index is 2.29. The molecule has 0 N–H and O–H groups in total. The number of Topliss-reactive ketones (excluding diaryl/α,β-unsaturated/α-hetero) is 1. The Morgan fingerprint density at radius 2 is 1.81 bits per heavy atom. The average molecular weight is 294 g/mol. The van der Waals surface area contributed by atoms with Crippen molar-refractivity contribution in [2.24, 2.45) is 0 Å². The standard InChI is InChI=1S/C16H16F2O3/c1-21-15(20)12-8-6-11(7-9-12)10-13-4-2-3-5-14(19)16(13,17)18/h6-10H,2-5H2,1H3/b13-10-. The molecule has 0 aromatic heterocycles. The quantitative estimate of drug-likeness (QED) is 0.618. The molecule has 1 aliphatic carbocycles. The number of allylic oxidation sites excluding steroid dienone is 1. The van der Waals surface area contributed by atoms with E-state index in [1.807, 2.05) is 0 Å². The molecule has 5 heteroatoms. The van der Waals surface area contributed by atoms with Gasteiger partial charge in [-0.3, -0.25) is 4.79 Å². The molecular weight excluding hydrogens is 278 g/mol. The third kappa shape index (κ3) is 3.35. The number of benzene rings is 1. The zero-order chi connectivity index (χ0) is 15.5. The highest BCUT2D eigenvalue weighted by molar-refractivity contribution is 5.91. The SMILES string of the molecule is COC(=O)c1ccc(/C=C2/CCCCC(=O)C2(F)F)cc1. The van der Waals surface area contributed by atoms with E-state index >= 15 is 0 Å². The molecule has 0 spiro atoms. The summed E-state index contributed by atoms with van der Waals surface area (Å²) in [6.45, 7) is 0.